The first-order valence-corrected chi connectivity index (χ1v) is 27.0. The van der Waals surface area contributed by atoms with Crippen LogP contribution in [-0.4, -0.2) is 31.1 Å². The lowest BCUT2D eigenvalue weighted by Gasteiger charge is -2.29. The third kappa shape index (κ3) is 9.43. The molecule has 0 saturated carbocycles. The van der Waals surface area contributed by atoms with Crippen molar-refractivity contribution < 1.29 is 14.6 Å². The fourth-order valence-corrected chi connectivity index (χ4v) is 13.2. The molecule has 1 heterocycles. The molecule has 9 heteroatoms. The van der Waals surface area contributed by atoms with Crippen LogP contribution < -0.4 is 4.74 Å². The number of hydrogen-bond acceptors (Lipinski definition) is 8. The van der Waals surface area contributed by atoms with Gasteiger partial charge in [-0.2, -0.15) is 10.5 Å². The quantitative estimate of drug-likeness (QED) is 0.101. The van der Waals surface area contributed by atoms with Crippen LogP contribution in [0.4, 0.5) is 0 Å². The number of pyridine rings is 1. The van der Waals surface area contributed by atoms with Crippen molar-refractivity contribution in [2.24, 2.45) is 11.3 Å². The maximum atomic E-state index is 11.7. The predicted molar refractivity (Wildman–Crippen MR) is 299 cm³/mol. The van der Waals surface area contributed by atoms with Crippen LogP contribution in [0.25, 0.3) is 33.4 Å². The number of nitriles is 2. The van der Waals surface area contributed by atoms with E-state index in [-0.39, 0.29) is 40.6 Å². The first-order valence-electron chi connectivity index (χ1n) is 24.5. The van der Waals surface area contributed by atoms with Gasteiger partial charge in [0.25, 0.3) is 0 Å². The van der Waals surface area contributed by atoms with Crippen molar-refractivity contribution in [2.45, 2.75) is 82.0 Å². The summed E-state index contributed by atoms with van der Waals surface area (Å²) < 4.78 is 6.65. The first-order chi connectivity index (χ1) is 34.8. The number of thiocarbonyl (C=S) groups is 1. The number of thioether (sulfide) groups is 2. The second-order valence-electron chi connectivity index (χ2n) is 20.5. The minimum absolute atomic E-state index is 0.00880. The number of carbonyl (C=O) groups is 1. The summed E-state index contributed by atoms with van der Waals surface area (Å²) in [4.78, 5) is 15.7. The highest BCUT2D eigenvalue weighted by Crippen LogP contribution is 2.56. The van der Waals surface area contributed by atoms with Crippen LogP contribution in [0.15, 0.2) is 163 Å². The number of allylic oxidation sites excluding steroid dienone is 8. The summed E-state index contributed by atoms with van der Waals surface area (Å²) in [5.74, 6) is -0.242. The number of ether oxygens (including phenoxy) is 1. The van der Waals surface area contributed by atoms with Crippen LogP contribution in [0.3, 0.4) is 0 Å². The van der Waals surface area contributed by atoms with Gasteiger partial charge in [0.1, 0.15) is 10.1 Å². The van der Waals surface area contributed by atoms with Crippen LogP contribution in [0, 0.1) is 34.0 Å². The Labute approximate surface area is 437 Å². The zero-order valence-corrected chi connectivity index (χ0v) is 43.5. The van der Waals surface area contributed by atoms with Gasteiger partial charge >= 0.3 is 5.97 Å². The summed E-state index contributed by atoms with van der Waals surface area (Å²) in [6.45, 7) is 8.85. The Morgan fingerprint density at radius 2 is 1.51 bits per heavy atom. The molecule has 0 amide bonds. The molecule has 4 aliphatic carbocycles. The average Bonchev–Trinajstić information content (AvgIpc) is 3.85. The molecule has 6 aromatic rings. The second kappa shape index (κ2) is 20.0. The number of benzene rings is 5. The van der Waals surface area contributed by atoms with E-state index < -0.39 is 11.4 Å². The van der Waals surface area contributed by atoms with Gasteiger partial charge in [-0.05, 0) is 159 Å². The third-order valence-corrected chi connectivity index (χ3v) is 17.9. The molecule has 0 spiro atoms. The van der Waals surface area contributed by atoms with E-state index in [1.165, 1.54) is 85.4 Å². The van der Waals surface area contributed by atoms with Crippen molar-refractivity contribution in [1.29, 1.82) is 10.5 Å². The molecular formula is C63H55N3O3S3. The van der Waals surface area contributed by atoms with E-state index in [0.717, 1.165) is 31.3 Å². The molecule has 0 bridgehead atoms. The van der Waals surface area contributed by atoms with E-state index in [0.29, 0.717) is 31.1 Å². The molecular weight excluding hydrogens is 943 g/mol. The van der Waals surface area contributed by atoms with Crippen LogP contribution >= 0.6 is 35.7 Å². The lowest BCUT2D eigenvalue weighted by atomic mass is 9.74. The number of carboxylic acid groups (broad SMARTS) is 1. The smallest absolute Gasteiger partial charge is 0.358 e. The number of nitrogens with zero attached hydrogens (tertiary/aromatic N) is 3. The summed E-state index contributed by atoms with van der Waals surface area (Å²) >= 11 is 8.55. The van der Waals surface area contributed by atoms with Crippen molar-refractivity contribution >= 4 is 56.4 Å². The summed E-state index contributed by atoms with van der Waals surface area (Å²) in [5.41, 5.74) is 17.9. The molecule has 0 fully saturated rings. The average molecular weight is 998 g/mol. The number of aromatic nitrogens is 1. The summed E-state index contributed by atoms with van der Waals surface area (Å²) in [7, 11) is 0. The number of carboxylic acids is 1. The predicted octanol–water partition coefficient (Wildman–Crippen LogP) is 15.9. The molecule has 5 unspecified atom stereocenters. The Hall–Kier alpha value is -6.75. The maximum Gasteiger partial charge on any atom is 0.358 e. The van der Waals surface area contributed by atoms with E-state index in [2.05, 4.69) is 158 Å². The molecule has 0 saturated heterocycles. The number of rotatable bonds is 15. The molecule has 72 heavy (non-hydrogen) atoms. The van der Waals surface area contributed by atoms with E-state index in [1.807, 2.05) is 32.2 Å². The molecule has 1 N–H and O–H groups in total. The molecule has 5 aromatic carbocycles. The van der Waals surface area contributed by atoms with E-state index in [4.69, 9.17) is 17.0 Å². The van der Waals surface area contributed by atoms with Crippen molar-refractivity contribution in [1.82, 2.24) is 4.98 Å². The molecule has 0 aliphatic heterocycles. The van der Waals surface area contributed by atoms with Gasteiger partial charge in [-0.1, -0.05) is 165 Å². The van der Waals surface area contributed by atoms with Crippen molar-refractivity contribution in [3.63, 3.8) is 0 Å². The molecule has 5 atom stereocenters. The molecule has 358 valence electrons. The van der Waals surface area contributed by atoms with E-state index >= 15 is 0 Å². The molecule has 10 rings (SSSR count). The normalized spacial score (nSPS) is 17.8. The van der Waals surface area contributed by atoms with Crippen LogP contribution in [0.5, 0.6) is 5.75 Å². The fraction of sp³-hybridized carbons (Fsp3) is 0.254. The largest absolute Gasteiger partial charge is 0.486 e. The van der Waals surface area contributed by atoms with Crippen molar-refractivity contribution in [3.05, 3.63) is 214 Å². The van der Waals surface area contributed by atoms with E-state index in [1.54, 1.807) is 12.1 Å². The van der Waals surface area contributed by atoms with Gasteiger partial charge in [-0.15, -0.1) is 11.8 Å². The highest BCUT2D eigenvalue weighted by Gasteiger charge is 2.41. The number of fused-ring (bicyclic) bond motifs is 6. The summed E-state index contributed by atoms with van der Waals surface area (Å²) in [5, 5.41) is 30.0. The second-order valence-corrected chi connectivity index (χ2v) is 23.7. The first kappa shape index (κ1) is 48.9. The lowest BCUT2D eigenvalue weighted by molar-refractivity contribution is 0.0684. The zero-order valence-electron chi connectivity index (χ0n) is 41.1. The minimum atomic E-state index is -1.15. The Balaban J connectivity index is 0.916. The number of hydrogen-bond donors (Lipinski definition) is 1. The monoisotopic (exact) mass is 997 g/mol. The summed E-state index contributed by atoms with van der Waals surface area (Å²) in [6, 6.07) is 48.3. The standard InChI is InChI=1S/C63H55N3O3S3/c1-62(2,37-65)34-45(41-17-15-38(16-18-41)36-69-57-14-9-29-66-59(57)60(67)68)30-44(31-46(35-64)72-61(70)71-5)40-21-19-39(20-22-40)42-23-25-50-51-26-24-43(33-56(51)63(3,4)55(50)32-42)47-27-28-54-49-11-7-6-10-48(49)53-13-8-12-52(47)58(53)54/h6-29,32-33,44-46,54,58H,30-31,34,36H2,1-5H3,(H,67,68). The highest BCUT2D eigenvalue weighted by molar-refractivity contribution is 8.47. The van der Waals surface area contributed by atoms with Gasteiger partial charge in [0, 0.05) is 23.4 Å². The van der Waals surface area contributed by atoms with Gasteiger partial charge < -0.3 is 9.84 Å². The Kier molecular flexibility index (Phi) is 13.6. The fourth-order valence-electron chi connectivity index (χ4n) is 11.5. The molecule has 6 nitrogen and oxygen atoms in total. The van der Waals surface area contributed by atoms with Crippen molar-refractivity contribution in [2.75, 3.05) is 6.26 Å². The summed E-state index contributed by atoms with van der Waals surface area (Å²) in [6.07, 6.45) is 17.0. The molecule has 0 radical (unpaired) electrons. The van der Waals surface area contributed by atoms with E-state index in [9.17, 15) is 20.4 Å². The van der Waals surface area contributed by atoms with Gasteiger partial charge in [0.2, 0.25) is 0 Å². The minimum Gasteiger partial charge on any atom is -0.486 e. The van der Waals surface area contributed by atoms with Crippen LogP contribution in [-0.2, 0) is 12.0 Å². The molecule has 4 aliphatic rings. The maximum absolute atomic E-state index is 11.7. The Morgan fingerprint density at radius 3 is 2.22 bits per heavy atom. The Bertz CT molecular complexity index is 3350. The van der Waals surface area contributed by atoms with Crippen LogP contribution in [0.2, 0.25) is 0 Å². The van der Waals surface area contributed by atoms with Gasteiger partial charge in [-0.25, -0.2) is 9.78 Å². The zero-order chi connectivity index (χ0) is 50.3. The van der Waals surface area contributed by atoms with Crippen molar-refractivity contribution in [3.8, 4) is 40.1 Å². The topological polar surface area (TPSA) is 107 Å². The van der Waals surface area contributed by atoms with Gasteiger partial charge in [0.15, 0.2) is 11.4 Å². The van der Waals surface area contributed by atoms with Gasteiger partial charge in [0.05, 0.1) is 22.8 Å². The molecule has 1 aromatic heterocycles. The SMILES string of the molecule is CSC(=S)SC(C#N)CC(CC(CC(C)(C)C#N)c1ccc(COc2cccnc2C(=O)O)cc1)c1ccc(-c2ccc3c(c2)C(C)(C)c2cc(C4=C5C=CC=C6c7ccccc7C(C=C4)C65)ccc2-3)cc1. The van der Waals surface area contributed by atoms with Crippen LogP contribution in [0.1, 0.15) is 120 Å². The number of aromatic carboxylic acids is 1. The van der Waals surface area contributed by atoms with Gasteiger partial charge in [-0.3, -0.25) is 0 Å². The Morgan fingerprint density at radius 1 is 0.833 bits per heavy atom. The third-order valence-electron chi connectivity index (χ3n) is 15.2. The lowest BCUT2D eigenvalue weighted by Crippen LogP contribution is -2.18. The highest BCUT2D eigenvalue weighted by atomic mass is 32.2.